The SMILES string of the molecule is COc1cc(-c2ccccc2OCC2CC(COC(N)=O)=NO2)ccn1. The monoisotopic (exact) mass is 357 g/mol. The number of primary amides is 1. The Morgan fingerprint density at radius 1 is 1.35 bits per heavy atom. The van der Waals surface area contributed by atoms with E-state index < -0.39 is 6.09 Å². The molecule has 0 spiro atoms. The summed E-state index contributed by atoms with van der Waals surface area (Å²) in [6, 6.07) is 11.4. The first-order chi connectivity index (χ1) is 12.7. The molecule has 1 amide bonds. The minimum Gasteiger partial charge on any atom is -0.489 e. The topological polar surface area (TPSA) is 105 Å². The molecule has 0 saturated carbocycles. The van der Waals surface area contributed by atoms with Gasteiger partial charge in [0.05, 0.1) is 12.8 Å². The molecule has 0 saturated heterocycles. The third-order valence-corrected chi connectivity index (χ3v) is 3.74. The van der Waals surface area contributed by atoms with Crippen molar-refractivity contribution in [3.05, 3.63) is 42.6 Å². The standard InChI is InChI=1S/C18H19N3O5/c1-23-17-8-12(6-7-20-17)15-4-2-3-5-16(15)24-11-14-9-13(21-26-14)10-25-18(19)22/h2-8,14H,9-11H2,1H3,(H2,19,22). The van der Waals surface area contributed by atoms with Crippen molar-refractivity contribution in [2.75, 3.05) is 20.3 Å². The number of ether oxygens (including phenoxy) is 3. The molecule has 26 heavy (non-hydrogen) atoms. The smallest absolute Gasteiger partial charge is 0.404 e. The van der Waals surface area contributed by atoms with Gasteiger partial charge in [0.2, 0.25) is 5.88 Å². The van der Waals surface area contributed by atoms with Gasteiger partial charge in [0.15, 0.2) is 6.10 Å². The number of aromatic nitrogens is 1. The summed E-state index contributed by atoms with van der Waals surface area (Å²) in [4.78, 5) is 20.1. The summed E-state index contributed by atoms with van der Waals surface area (Å²) in [6.07, 6.45) is 1.11. The molecule has 1 aliphatic heterocycles. The molecule has 2 aromatic rings. The molecule has 0 aliphatic carbocycles. The average Bonchev–Trinajstić information content (AvgIpc) is 3.13. The molecular weight excluding hydrogens is 338 g/mol. The first-order valence-corrected chi connectivity index (χ1v) is 8.01. The molecular formula is C18H19N3O5. The largest absolute Gasteiger partial charge is 0.489 e. The third kappa shape index (κ3) is 4.41. The minimum absolute atomic E-state index is 0.0270. The Kier molecular flexibility index (Phi) is 5.52. The highest BCUT2D eigenvalue weighted by Crippen LogP contribution is 2.31. The molecule has 0 bridgehead atoms. The summed E-state index contributed by atoms with van der Waals surface area (Å²) >= 11 is 0. The van der Waals surface area contributed by atoms with E-state index in [1.54, 1.807) is 13.3 Å². The van der Waals surface area contributed by atoms with Crippen molar-refractivity contribution < 1.29 is 23.8 Å². The van der Waals surface area contributed by atoms with Crippen molar-refractivity contribution in [3.8, 4) is 22.8 Å². The lowest BCUT2D eigenvalue weighted by Gasteiger charge is -2.14. The van der Waals surface area contributed by atoms with Gasteiger partial charge in [0.1, 0.15) is 19.0 Å². The summed E-state index contributed by atoms with van der Waals surface area (Å²) in [5.41, 5.74) is 7.41. The maximum absolute atomic E-state index is 10.6. The average molecular weight is 357 g/mol. The summed E-state index contributed by atoms with van der Waals surface area (Å²) in [7, 11) is 1.57. The number of amides is 1. The van der Waals surface area contributed by atoms with Crippen LogP contribution in [-0.2, 0) is 9.57 Å². The number of benzene rings is 1. The molecule has 1 aliphatic rings. The van der Waals surface area contributed by atoms with Crippen LogP contribution < -0.4 is 15.2 Å². The molecule has 0 radical (unpaired) electrons. The van der Waals surface area contributed by atoms with Crippen LogP contribution in [0.25, 0.3) is 11.1 Å². The number of pyridine rings is 1. The van der Waals surface area contributed by atoms with Crippen LogP contribution in [0.15, 0.2) is 47.8 Å². The van der Waals surface area contributed by atoms with Gasteiger partial charge in [0.25, 0.3) is 0 Å². The second-order valence-corrected chi connectivity index (χ2v) is 5.59. The van der Waals surface area contributed by atoms with Crippen molar-refractivity contribution in [2.24, 2.45) is 10.9 Å². The number of nitrogens with zero attached hydrogens (tertiary/aromatic N) is 2. The number of nitrogens with two attached hydrogens (primary N) is 1. The first-order valence-electron chi connectivity index (χ1n) is 8.01. The molecule has 3 rings (SSSR count). The Hall–Kier alpha value is -3.29. The lowest BCUT2D eigenvalue weighted by Crippen LogP contribution is -2.21. The van der Waals surface area contributed by atoms with Crippen LogP contribution in [0.1, 0.15) is 6.42 Å². The van der Waals surface area contributed by atoms with E-state index in [0.717, 1.165) is 11.1 Å². The molecule has 136 valence electrons. The van der Waals surface area contributed by atoms with Crippen LogP contribution in [0.2, 0.25) is 0 Å². The molecule has 2 N–H and O–H groups in total. The van der Waals surface area contributed by atoms with Crippen LogP contribution in [0.3, 0.4) is 0 Å². The van der Waals surface area contributed by atoms with E-state index in [0.29, 0.717) is 30.4 Å². The minimum atomic E-state index is -0.839. The molecule has 8 nitrogen and oxygen atoms in total. The Balaban J connectivity index is 1.62. The lowest BCUT2D eigenvalue weighted by molar-refractivity contribution is 0.0472. The molecule has 2 heterocycles. The highest BCUT2D eigenvalue weighted by atomic mass is 16.7. The number of oxime groups is 1. The molecule has 1 unspecified atom stereocenters. The summed E-state index contributed by atoms with van der Waals surface area (Å²) in [5, 5.41) is 3.88. The zero-order valence-electron chi connectivity index (χ0n) is 14.3. The van der Waals surface area contributed by atoms with Gasteiger partial charge in [-0.1, -0.05) is 23.4 Å². The quantitative estimate of drug-likeness (QED) is 0.815. The maximum atomic E-state index is 10.6. The van der Waals surface area contributed by atoms with Crippen molar-refractivity contribution in [3.63, 3.8) is 0 Å². The summed E-state index contributed by atoms with van der Waals surface area (Å²) < 4.78 is 15.8. The van der Waals surface area contributed by atoms with E-state index in [2.05, 4.69) is 10.1 Å². The molecule has 1 atom stereocenters. The Morgan fingerprint density at radius 2 is 2.19 bits per heavy atom. The number of methoxy groups -OCH3 is 1. The van der Waals surface area contributed by atoms with E-state index in [9.17, 15) is 4.79 Å². The Morgan fingerprint density at radius 3 is 3.00 bits per heavy atom. The van der Waals surface area contributed by atoms with Crippen LogP contribution in [0.5, 0.6) is 11.6 Å². The van der Waals surface area contributed by atoms with Crippen LogP contribution in [0, 0.1) is 0 Å². The van der Waals surface area contributed by atoms with Crippen LogP contribution in [0.4, 0.5) is 4.79 Å². The molecule has 0 fully saturated rings. The Labute approximate surface area is 150 Å². The van der Waals surface area contributed by atoms with Gasteiger partial charge in [0, 0.05) is 24.2 Å². The van der Waals surface area contributed by atoms with Crippen molar-refractivity contribution in [2.45, 2.75) is 12.5 Å². The predicted molar refractivity (Wildman–Crippen MR) is 94.2 cm³/mol. The van der Waals surface area contributed by atoms with Gasteiger partial charge >= 0.3 is 6.09 Å². The Bertz CT molecular complexity index is 809. The number of rotatable bonds is 7. The number of hydrogen-bond acceptors (Lipinski definition) is 7. The van der Waals surface area contributed by atoms with Crippen molar-refractivity contribution >= 4 is 11.8 Å². The second kappa shape index (κ2) is 8.19. The van der Waals surface area contributed by atoms with Gasteiger partial charge < -0.3 is 24.8 Å². The van der Waals surface area contributed by atoms with E-state index in [1.807, 2.05) is 36.4 Å². The van der Waals surface area contributed by atoms with E-state index >= 15 is 0 Å². The lowest BCUT2D eigenvalue weighted by atomic mass is 10.1. The van der Waals surface area contributed by atoms with Crippen molar-refractivity contribution in [1.82, 2.24) is 4.98 Å². The van der Waals surface area contributed by atoms with Gasteiger partial charge in [-0.25, -0.2) is 9.78 Å². The van der Waals surface area contributed by atoms with E-state index in [-0.39, 0.29) is 12.7 Å². The zero-order valence-corrected chi connectivity index (χ0v) is 14.3. The highest BCUT2D eigenvalue weighted by Gasteiger charge is 2.23. The number of carbonyl (C=O) groups is 1. The number of para-hydroxylation sites is 1. The normalized spacial score (nSPS) is 15.7. The summed E-state index contributed by atoms with van der Waals surface area (Å²) in [5.74, 6) is 1.25. The van der Waals surface area contributed by atoms with Gasteiger partial charge in [-0.3, -0.25) is 0 Å². The predicted octanol–water partition coefficient (Wildman–Crippen LogP) is 2.38. The number of carbonyl (C=O) groups excluding carboxylic acids is 1. The van der Waals surface area contributed by atoms with E-state index in [4.69, 9.17) is 24.8 Å². The molecule has 8 heteroatoms. The fourth-order valence-electron chi connectivity index (χ4n) is 2.52. The number of hydrogen-bond donors (Lipinski definition) is 1. The third-order valence-electron chi connectivity index (χ3n) is 3.74. The zero-order chi connectivity index (χ0) is 18.4. The first kappa shape index (κ1) is 17.5. The maximum Gasteiger partial charge on any atom is 0.404 e. The summed E-state index contributed by atoms with van der Waals surface area (Å²) in [6.45, 7) is 0.335. The van der Waals surface area contributed by atoms with Crippen LogP contribution in [-0.4, -0.2) is 43.2 Å². The van der Waals surface area contributed by atoms with Crippen LogP contribution >= 0.6 is 0 Å². The van der Waals surface area contributed by atoms with E-state index in [1.165, 1.54) is 0 Å². The van der Waals surface area contributed by atoms with Gasteiger partial charge in [-0.05, 0) is 17.7 Å². The second-order valence-electron chi connectivity index (χ2n) is 5.59. The fraction of sp³-hybridized carbons (Fsp3) is 0.278. The van der Waals surface area contributed by atoms with Gasteiger partial charge in [-0.15, -0.1) is 0 Å². The highest BCUT2D eigenvalue weighted by molar-refractivity contribution is 5.88. The fourth-order valence-corrected chi connectivity index (χ4v) is 2.52. The molecule has 1 aromatic carbocycles. The van der Waals surface area contributed by atoms with Crippen molar-refractivity contribution in [1.29, 1.82) is 0 Å². The molecule has 1 aromatic heterocycles. The van der Waals surface area contributed by atoms with Gasteiger partial charge in [-0.2, -0.15) is 0 Å².